The van der Waals surface area contributed by atoms with Gasteiger partial charge < -0.3 is 49.1 Å². The zero-order chi connectivity index (χ0) is 35.0. The molecule has 0 saturated heterocycles. The maximum absolute atomic E-state index is 12.7. The van der Waals surface area contributed by atoms with Crippen molar-refractivity contribution in [3.05, 3.63) is 66.5 Å². The molecule has 49 heavy (non-hydrogen) atoms. The number of ether oxygens (including phenoxy) is 7. The topological polar surface area (TPSA) is 144 Å². The number of anilines is 2. The van der Waals surface area contributed by atoms with E-state index in [-0.39, 0.29) is 11.7 Å². The van der Waals surface area contributed by atoms with Gasteiger partial charge >= 0.3 is 6.36 Å². The first-order valence-corrected chi connectivity index (χ1v) is 15.8. The SMILES string of the molecule is CNCCOCCOCCOCCOCCOCCOCCNC(=O)c1cccc(-c2cc(Nc3ccc(OC(F)(F)F)cc3)ncn2)c1. The minimum absolute atomic E-state index is 0.269. The summed E-state index contributed by atoms with van der Waals surface area (Å²) in [6.07, 6.45) is -3.42. The summed E-state index contributed by atoms with van der Waals surface area (Å²) in [7, 11) is 1.88. The number of amides is 1. The maximum Gasteiger partial charge on any atom is 0.573 e. The van der Waals surface area contributed by atoms with E-state index in [9.17, 15) is 18.0 Å². The number of carbonyl (C=O) groups is 1. The number of benzene rings is 2. The van der Waals surface area contributed by atoms with Crippen molar-refractivity contribution in [2.75, 3.05) is 105 Å². The van der Waals surface area contributed by atoms with Gasteiger partial charge in [0, 0.05) is 36.0 Å². The molecule has 0 aliphatic heterocycles. The van der Waals surface area contributed by atoms with E-state index in [2.05, 4.69) is 30.7 Å². The van der Waals surface area contributed by atoms with Gasteiger partial charge in [-0.25, -0.2) is 9.97 Å². The van der Waals surface area contributed by atoms with Gasteiger partial charge in [0.25, 0.3) is 5.91 Å². The van der Waals surface area contributed by atoms with Crippen LogP contribution in [0.3, 0.4) is 0 Å². The smallest absolute Gasteiger partial charge is 0.406 e. The van der Waals surface area contributed by atoms with E-state index >= 15 is 0 Å². The van der Waals surface area contributed by atoms with Crippen molar-refractivity contribution in [1.29, 1.82) is 0 Å². The highest BCUT2D eigenvalue weighted by Gasteiger charge is 2.31. The van der Waals surface area contributed by atoms with Crippen molar-refractivity contribution in [2.24, 2.45) is 0 Å². The molecule has 2 aromatic carbocycles. The number of likely N-dealkylation sites (N-methyl/N-ethyl adjacent to an activating group) is 1. The van der Waals surface area contributed by atoms with E-state index < -0.39 is 6.36 Å². The molecule has 1 heterocycles. The highest BCUT2D eigenvalue weighted by Crippen LogP contribution is 2.26. The minimum Gasteiger partial charge on any atom is -0.406 e. The molecule has 0 bridgehead atoms. The first-order chi connectivity index (χ1) is 23.8. The van der Waals surface area contributed by atoms with E-state index in [0.717, 1.165) is 6.54 Å². The monoisotopic (exact) mass is 695 g/mol. The Morgan fingerprint density at radius 2 is 1.24 bits per heavy atom. The Labute approximate surface area is 283 Å². The number of carbonyl (C=O) groups excluding carboxylic acids is 1. The number of hydrogen-bond donors (Lipinski definition) is 3. The molecular weight excluding hydrogens is 651 g/mol. The van der Waals surface area contributed by atoms with Crippen molar-refractivity contribution < 1.29 is 51.1 Å². The molecule has 0 fully saturated rings. The molecule has 1 aromatic heterocycles. The molecule has 3 rings (SSSR count). The summed E-state index contributed by atoms with van der Waals surface area (Å²) >= 11 is 0. The number of alkyl halides is 3. The van der Waals surface area contributed by atoms with Crippen molar-refractivity contribution in [3.8, 4) is 17.0 Å². The molecule has 0 aliphatic carbocycles. The van der Waals surface area contributed by atoms with E-state index in [1.54, 1.807) is 30.3 Å². The third-order valence-electron chi connectivity index (χ3n) is 6.34. The van der Waals surface area contributed by atoms with Crippen LogP contribution in [0.1, 0.15) is 10.4 Å². The minimum atomic E-state index is -4.77. The second kappa shape index (κ2) is 23.5. The van der Waals surface area contributed by atoms with Crippen LogP contribution in [-0.4, -0.2) is 122 Å². The highest BCUT2D eigenvalue weighted by atomic mass is 19.4. The van der Waals surface area contributed by atoms with Crippen LogP contribution in [0.25, 0.3) is 11.3 Å². The second-order valence-electron chi connectivity index (χ2n) is 10.1. The fraction of sp³-hybridized carbons (Fsp3) is 0.485. The zero-order valence-electron chi connectivity index (χ0n) is 27.5. The molecule has 16 heteroatoms. The predicted molar refractivity (Wildman–Crippen MR) is 175 cm³/mol. The van der Waals surface area contributed by atoms with Gasteiger partial charge in [0.2, 0.25) is 0 Å². The summed E-state index contributed by atoms with van der Waals surface area (Å²) in [6.45, 7) is 6.86. The normalized spacial score (nSPS) is 11.4. The average molecular weight is 696 g/mol. The molecule has 0 saturated carbocycles. The largest absolute Gasteiger partial charge is 0.573 e. The zero-order valence-corrected chi connectivity index (χ0v) is 27.5. The highest BCUT2D eigenvalue weighted by molar-refractivity contribution is 5.95. The molecule has 0 aliphatic rings. The number of hydrogen-bond acceptors (Lipinski definition) is 12. The van der Waals surface area contributed by atoms with Gasteiger partial charge in [-0.05, 0) is 43.4 Å². The van der Waals surface area contributed by atoms with Gasteiger partial charge in [0.05, 0.1) is 85.0 Å². The lowest BCUT2D eigenvalue weighted by Gasteiger charge is -2.11. The third-order valence-corrected chi connectivity index (χ3v) is 6.34. The third kappa shape index (κ3) is 17.9. The summed E-state index contributed by atoms with van der Waals surface area (Å²) in [6, 6.07) is 13.9. The number of nitrogens with one attached hydrogen (secondary N) is 3. The van der Waals surface area contributed by atoms with Crippen LogP contribution < -0.4 is 20.7 Å². The van der Waals surface area contributed by atoms with Crippen LogP contribution in [0, 0.1) is 0 Å². The lowest BCUT2D eigenvalue weighted by molar-refractivity contribution is -0.274. The number of aromatic nitrogens is 2. The van der Waals surface area contributed by atoms with Crippen LogP contribution in [-0.2, 0) is 28.4 Å². The Morgan fingerprint density at radius 1 is 0.694 bits per heavy atom. The first-order valence-electron chi connectivity index (χ1n) is 15.8. The first kappa shape index (κ1) is 39.5. The van der Waals surface area contributed by atoms with Crippen LogP contribution in [0.5, 0.6) is 5.75 Å². The Hall–Kier alpha value is -3.90. The maximum atomic E-state index is 12.7. The van der Waals surface area contributed by atoms with Crippen LogP contribution in [0.4, 0.5) is 24.7 Å². The van der Waals surface area contributed by atoms with Gasteiger partial charge in [-0.15, -0.1) is 13.2 Å². The fourth-order valence-electron chi connectivity index (χ4n) is 4.01. The molecule has 3 aromatic rings. The number of halogens is 3. The fourth-order valence-corrected chi connectivity index (χ4v) is 4.01. The van der Waals surface area contributed by atoms with Crippen LogP contribution in [0.15, 0.2) is 60.9 Å². The van der Waals surface area contributed by atoms with Crippen molar-refractivity contribution in [3.63, 3.8) is 0 Å². The molecule has 3 N–H and O–H groups in total. The lowest BCUT2D eigenvalue weighted by atomic mass is 10.1. The molecule has 13 nitrogen and oxygen atoms in total. The molecule has 0 spiro atoms. The summed E-state index contributed by atoms with van der Waals surface area (Å²) in [4.78, 5) is 21.1. The van der Waals surface area contributed by atoms with Gasteiger partial charge in [0.1, 0.15) is 17.9 Å². The van der Waals surface area contributed by atoms with Crippen molar-refractivity contribution >= 4 is 17.4 Å². The van der Waals surface area contributed by atoms with E-state index in [0.29, 0.717) is 114 Å². The Kier molecular flexibility index (Phi) is 18.9. The van der Waals surface area contributed by atoms with E-state index in [1.807, 2.05) is 7.05 Å². The molecule has 270 valence electrons. The molecule has 1 amide bonds. The van der Waals surface area contributed by atoms with Crippen LogP contribution in [0.2, 0.25) is 0 Å². The summed E-state index contributed by atoms with van der Waals surface area (Å²) in [5.41, 5.74) is 2.17. The molecule has 0 radical (unpaired) electrons. The standard InChI is InChI=1S/C33H44F3N5O8/c1-37-9-11-43-13-15-45-17-19-47-21-22-48-20-18-46-16-14-44-12-10-38-32(42)27-4-2-3-26(23-27)30-24-31(40-25-39-30)41-28-5-7-29(8-6-28)49-33(34,35)36/h2-8,23-25,37H,9-22H2,1H3,(H,38,42)(H,39,40,41). The Bertz CT molecular complexity index is 1340. The molecule has 0 unspecified atom stereocenters. The summed E-state index contributed by atoms with van der Waals surface area (Å²) in [5, 5.41) is 8.84. The number of nitrogens with zero attached hydrogens (tertiary/aromatic N) is 2. The van der Waals surface area contributed by atoms with Gasteiger partial charge in [0.15, 0.2) is 0 Å². The average Bonchev–Trinajstić information content (AvgIpc) is 3.09. The van der Waals surface area contributed by atoms with Gasteiger partial charge in [-0.3, -0.25) is 4.79 Å². The Morgan fingerprint density at radius 3 is 1.80 bits per heavy atom. The van der Waals surface area contributed by atoms with E-state index in [1.165, 1.54) is 30.6 Å². The summed E-state index contributed by atoms with van der Waals surface area (Å²) < 4.78 is 73.8. The quantitative estimate of drug-likeness (QED) is 0.105. The molecular formula is C33H44F3N5O8. The summed E-state index contributed by atoms with van der Waals surface area (Å²) in [5.74, 6) is -0.184. The van der Waals surface area contributed by atoms with Crippen molar-refractivity contribution in [1.82, 2.24) is 20.6 Å². The predicted octanol–water partition coefficient (Wildman–Crippen LogP) is 3.83. The second-order valence-corrected chi connectivity index (χ2v) is 10.1. The van der Waals surface area contributed by atoms with E-state index in [4.69, 9.17) is 28.4 Å². The molecule has 0 atom stereocenters. The van der Waals surface area contributed by atoms with Crippen LogP contribution >= 0.6 is 0 Å². The number of rotatable bonds is 26. The lowest BCUT2D eigenvalue weighted by Crippen LogP contribution is -2.27. The van der Waals surface area contributed by atoms with Crippen molar-refractivity contribution in [2.45, 2.75) is 6.36 Å². The van der Waals surface area contributed by atoms with Gasteiger partial charge in [-0.2, -0.15) is 0 Å². The van der Waals surface area contributed by atoms with Gasteiger partial charge in [-0.1, -0.05) is 12.1 Å². The Balaban J connectivity index is 1.22.